The number of carbonyl (C=O) groups is 1. The van der Waals surface area contributed by atoms with Gasteiger partial charge in [-0.2, -0.15) is 0 Å². The Labute approximate surface area is 43.0 Å². The average molecular weight is 99.1 g/mol. The second-order valence-electron chi connectivity index (χ2n) is 1.54. The molecule has 0 aliphatic carbocycles. The molecule has 0 radical (unpaired) electrons. The molecule has 0 aliphatic rings. The Morgan fingerprint density at radius 3 is 2.29 bits per heavy atom. The van der Waals surface area contributed by atoms with Gasteiger partial charge in [0.2, 0.25) is 0 Å². The van der Waals surface area contributed by atoms with Crippen LogP contribution in [0.2, 0.25) is 0 Å². The van der Waals surface area contributed by atoms with Crippen LogP contribution < -0.4 is 5.73 Å². The van der Waals surface area contributed by atoms with Crippen molar-refractivity contribution in [3.05, 3.63) is 12.3 Å². The van der Waals surface area contributed by atoms with Gasteiger partial charge in [-0.1, -0.05) is 6.58 Å². The normalized spacial score (nSPS) is 8.14. The average Bonchev–Trinajstić information content (AvgIpc) is 1.27. The first kappa shape index (κ1) is 6.21. The number of nitrogens with two attached hydrogens (primary N) is 1. The third-order valence-electron chi connectivity index (χ3n) is 0.476. The van der Waals surface area contributed by atoms with E-state index >= 15 is 0 Å². The third kappa shape index (κ3) is 5.21. The number of carbonyl (C=O) groups excluding carboxylic acids is 1. The van der Waals surface area contributed by atoms with Crippen molar-refractivity contribution in [3.63, 3.8) is 0 Å². The van der Waals surface area contributed by atoms with Gasteiger partial charge in [0, 0.05) is 12.1 Å². The molecule has 0 heterocycles. The molecule has 0 spiro atoms. The Kier molecular flexibility index (Phi) is 2.12. The van der Waals surface area contributed by atoms with Crippen LogP contribution in [0.1, 0.15) is 13.3 Å². The second kappa shape index (κ2) is 2.39. The van der Waals surface area contributed by atoms with Gasteiger partial charge in [-0.05, 0) is 6.92 Å². The summed E-state index contributed by atoms with van der Waals surface area (Å²) in [6.07, 6.45) is 0.306. The summed E-state index contributed by atoms with van der Waals surface area (Å²) in [5.74, 6) is 0.0625. The van der Waals surface area contributed by atoms with Gasteiger partial charge in [0.25, 0.3) is 0 Å². The predicted molar refractivity (Wildman–Crippen MR) is 28.6 cm³/mol. The molecule has 0 saturated carbocycles. The Hall–Kier alpha value is -0.790. The highest BCUT2D eigenvalue weighted by Crippen LogP contribution is 1.86. The molecule has 2 nitrogen and oxygen atoms in total. The molecule has 0 saturated heterocycles. The lowest BCUT2D eigenvalue weighted by molar-refractivity contribution is -0.116. The number of Topliss-reactive ketones (excluding diaryl/α,β-unsaturated/α-hetero) is 1. The lowest BCUT2D eigenvalue weighted by Crippen LogP contribution is -1.99. The maximum Gasteiger partial charge on any atom is 0.135 e. The zero-order valence-electron chi connectivity index (χ0n) is 4.40. The molecule has 2 N–H and O–H groups in total. The van der Waals surface area contributed by atoms with Gasteiger partial charge in [0.15, 0.2) is 0 Å². The van der Waals surface area contributed by atoms with Gasteiger partial charge in [-0.15, -0.1) is 0 Å². The highest BCUT2D eigenvalue weighted by Gasteiger charge is 1.89. The van der Waals surface area contributed by atoms with Crippen molar-refractivity contribution in [2.45, 2.75) is 13.3 Å². The first-order valence-corrected chi connectivity index (χ1v) is 2.05. The minimum Gasteiger partial charge on any atom is -0.402 e. The summed E-state index contributed by atoms with van der Waals surface area (Å²) in [4.78, 5) is 10.1. The topological polar surface area (TPSA) is 43.1 Å². The van der Waals surface area contributed by atoms with Crippen LogP contribution >= 0.6 is 0 Å². The molecule has 0 amide bonds. The van der Waals surface area contributed by atoms with Gasteiger partial charge < -0.3 is 5.73 Å². The largest absolute Gasteiger partial charge is 0.402 e. The molecule has 0 aromatic carbocycles. The zero-order valence-corrected chi connectivity index (χ0v) is 4.40. The summed E-state index contributed by atoms with van der Waals surface area (Å²) in [6, 6.07) is 0. The van der Waals surface area contributed by atoms with Gasteiger partial charge in [-0.3, -0.25) is 4.79 Å². The first-order chi connectivity index (χ1) is 3.13. The van der Waals surface area contributed by atoms with Crippen molar-refractivity contribution in [3.8, 4) is 0 Å². The molecule has 0 bridgehead atoms. The number of rotatable bonds is 2. The molecular formula is C5H9NO. The van der Waals surface area contributed by atoms with E-state index in [4.69, 9.17) is 5.73 Å². The molecular weight excluding hydrogens is 90.1 g/mol. The van der Waals surface area contributed by atoms with Crippen LogP contribution in [0.5, 0.6) is 0 Å². The Morgan fingerprint density at radius 2 is 2.29 bits per heavy atom. The van der Waals surface area contributed by atoms with E-state index in [0.29, 0.717) is 12.1 Å². The monoisotopic (exact) mass is 99.1 g/mol. The molecule has 0 rings (SSSR count). The van der Waals surface area contributed by atoms with Crippen molar-refractivity contribution in [1.82, 2.24) is 0 Å². The van der Waals surface area contributed by atoms with Gasteiger partial charge in [0.05, 0.1) is 0 Å². The van der Waals surface area contributed by atoms with E-state index in [1.54, 1.807) is 0 Å². The molecule has 7 heavy (non-hydrogen) atoms. The SMILES string of the molecule is C=C(N)CC(C)=O. The standard InChI is InChI=1S/C5H9NO/c1-4(6)3-5(2)7/h1,3,6H2,2H3. The predicted octanol–water partition coefficient (Wildman–Crippen LogP) is 0.438. The highest BCUT2D eigenvalue weighted by molar-refractivity contribution is 5.77. The van der Waals surface area contributed by atoms with Crippen LogP contribution in [0.15, 0.2) is 12.3 Å². The number of allylic oxidation sites excluding steroid dienone is 1. The summed E-state index contributed by atoms with van der Waals surface area (Å²) in [6.45, 7) is 4.84. The number of hydrogen-bond donors (Lipinski definition) is 1. The van der Waals surface area contributed by atoms with Crippen molar-refractivity contribution in [2.75, 3.05) is 0 Å². The number of ketones is 1. The fraction of sp³-hybridized carbons (Fsp3) is 0.400. The first-order valence-electron chi connectivity index (χ1n) is 2.05. The minimum atomic E-state index is 0.0625. The third-order valence-corrected chi connectivity index (χ3v) is 0.476. The van der Waals surface area contributed by atoms with Crippen molar-refractivity contribution < 1.29 is 4.79 Å². The van der Waals surface area contributed by atoms with Crippen LogP contribution in [-0.4, -0.2) is 5.78 Å². The van der Waals surface area contributed by atoms with E-state index in [1.165, 1.54) is 6.92 Å². The van der Waals surface area contributed by atoms with Crippen molar-refractivity contribution in [2.24, 2.45) is 5.73 Å². The van der Waals surface area contributed by atoms with Crippen LogP contribution in [0.25, 0.3) is 0 Å². The fourth-order valence-corrected chi connectivity index (χ4v) is 0.320. The molecule has 0 atom stereocenters. The highest BCUT2D eigenvalue weighted by atomic mass is 16.1. The zero-order chi connectivity index (χ0) is 5.86. The maximum absolute atomic E-state index is 10.1. The summed E-state index contributed by atoms with van der Waals surface area (Å²) in [5.41, 5.74) is 5.52. The molecule has 2 heteroatoms. The summed E-state index contributed by atoms with van der Waals surface area (Å²) in [7, 11) is 0. The number of hydrogen-bond acceptors (Lipinski definition) is 2. The van der Waals surface area contributed by atoms with E-state index in [0.717, 1.165) is 0 Å². The van der Waals surface area contributed by atoms with Crippen LogP contribution in [0, 0.1) is 0 Å². The summed E-state index contributed by atoms with van der Waals surface area (Å²) >= 11 is 0. The minimum absolute atomic E-state index is 0.0625. The van der Waals surface area contributed by atoms with Gasteiger partial charge in [0.1, 0.15) is 5.78 Å². The molecule has 0 aromatic heterocycles. The maximum atomic E-state index is 10.1. The smallest absolute Gasteiger partial charge is 0.135 e. The van der Waals surface area contributed by atoms with E-state index < -0.39 is 0 Å². The Morgan fingerprint density at radius 1 is 1.86 bits per heavy atom. The van der Waals surface area contributed by atoms with E-state index in [-0.39, 0.29) is 5.78 Å². The summed E-state index contributed by atoms with van der Waals surface area (Å²) < 4.78 is 0. The van der Waals surface area contributed by atoms with E-state index in [1.807, 2.05) is 0 Å². The fourth-order valence-electron chi connectivity index (χ4n) is 0.320. The quantitative estimate of drug-likeness (QED) is 0.545. The molecule has 0 aromatic rings. The Balaban J connectivity index is 3.32. The lowest BCUT2D eigenvalue weighted by Gasteiger charge is -1.88. The van der Waals surface area contributed by atoms with Gasteiger partial charge >= 0.3 is 0 Å². The van der Waals surface area contributed by atoms with Crippen molar-refractivity contribution in [1.29, 1.82) is 0 Å². The summed E-state index contributed by atoms with van der Waals surface area (Å²) in [5, 5.41) is 0. The second-order valence-corrected chi connectivity index (χ2v) is 1.54. The van der Waals surface area contributed by atoms with Gasteiger partial charge in [-0.25, -0.2) is 0 Å². The molecule has 0 unspecified atom stereocenters. The molecule has 40 valence electrons. The Bertz CT molecular complexity index is 84.3. The molecule has 0 fully saturated rings. The molecule has 0 aliphatic heterocycles. The van der Waals surface area contributed by atoms with E-state index in [2.05, 4.69) is 6.58 Å². The van der Waals surface area contributed by atoms with Crippen LogP contribution in [0.3, 0.4) is 0 Å². The van der Waals surface area contributed by atoms with Crippen LogP contribution in [-0.2, 0) is 4.79 Å². The van der Waals surface area contributed by atoms with Crippen LogP contribution in [0.4, 0.5) is 0 Å². The lowest BCUT2D eigenvalue weighted by atomic mass is 10.3. The van der Waals surface area contributed by atoms with E-state index in [9.17, 15) is 4.79 Å². The van der Waals surface area contributed by atoms with Crippen molar-refractivity contribution >= 4 is 5.78 Å².